The molecule has 0 saturated heterocycles. The Hall–Kier alpha value is -2.20. The van der Waals surface area contributed by atoms with Gasteiger partial charge in [0.2, 0.25) is 5.88 Å². The maximum atomic E-state index is 5.71. The number of aromatic nitrogens is 3. The number of benzene rings is 1. The average molecular weight is 272 g/mol. The third kappa shape index (κ3) is 2.63. The van der Waals surface area contributed by atoms with Crippen LogP contribution in [0.3, 0.4) is 0 Å². The zero-order valence-electron chi connectivity index (χ0n) is 9.95. The Morgan fingerprint density at radius 3 is 3.00 bits per heavy atom. The van der Waals surface area contributed by atoms with E-state index in [0.717, 1.165) is 10.9 Å². The van der Waals surface area contributed by atoms with Crippen LogP contribution in [0.25, 0.3) is 10.9 Å². The molecule has 94 valence electrons. The van der Waals surface area contributed by atoms with E-state index in [9.17, 15) is 0 Å². The first-order valence-corrected chi connectivity index (χ1v) is 6.28. The highest BCUT2D eigenvalue weighted by atomic mass is 35.5. The minimum Gasteiger partial charge on any atom is -0.437 e. The van der Waals surface area contributed by atoms with Crippen LogP contribution in [0.5, 0.6) is 11.6 Å². The van der Waals surface area contributed by atoms with Crippen molar-refractivity contribution in [2.24, 2.45) is 0 Å². The molecule has 0 aliphatic rings. The third-order valence-corrected chi connectivity index (χ3v) is 2.87. The summed E-state index contributed by atoms with van der Waals surface area (Å²) in [6.07, 6.45) is 4.92. The summed E-state index contributed by atoms with van der Waals surface area (Å²) in [5, 5.41) is 1.07. The standard InChI is InChI=1S/C14H10ClN3O/c15-7-11-8-16-9-14(18-11)19-12-4-3-10-2-1-5-17-13(10)6-12/h1-6,8-9H,7H2. The maximum Gasteiger partial charge on any atom is 0.238 e. The molecule has 0 aliphatic carbocycles. The second kappa shape index (κ2) is 5.20. The molecular weight excluding hydrogens is 262 g/mol. The van der Waals surface area contributed by atoms with Crippen LogP contribution in [-0.2, 0) is 5.88 Å². The Morgan fingerprint density at radius 2 is 2.11 bits per heavy atom. The van der Waals surface area contributed by atoms with Gasteiger partial charge in [-0.25, -0.2) is 4.98 Å². The SMILES string of the molecule is ClCc1cncc(Oc2ccc3cccnc3c2)n1. The lowest BCUT2D eigenvalue weighted by atomic mass is 10.2. The van der Waals surface area contributed by atoms with Gasteiger partial charge < -0.3 is 4.74 Å². The summed E-state index contributed by atoms with van der Waals surface area (Å²) in [4.78, 5) is 12.5. The fourth-order valence-corrected chi connectivity index (χ4v) is 1.86. The predicted molar refractivity (Wildman–Crippen MR) is 73.4 cm³/mol. The highest BCUT2D eigenvalue weighted by molar-refractivity contribution is 6.16. The number of hydrogen-bond donors (Lipinski definition) is 0. The van der Waals surface area contributed by atoms with Crippen molar-refractivity contribution in [1.29, 1.82) is 0 Å². The first kappa shape index (κ1) is 11.9. The fraction of sp³-hybridized carbons (Fsp3) is 0.0714. The molecule has 2 heterocycles. The van der Waals surface area contributed by atoms with Crippen molar-refractivity contribution in [3.8, 4) is 11.6 Å². The molecule has 0 fully saturated rings. The maximum absolute atomic E-state index is 5.71. The van der Waals surface area contributed by atoms with E-state index in [1.807, 2.05) is 30.3 Å². The van der Waals surface area contributed by atoms with Gasteiger partial charge in [0.1, 0.15) is 5.75 Å². The van der Waals surface area contributed by atoms with Crippen molar-refractivity contribution in [2.45, 2.75) is 5.88 Å². The van der Waals surface area contributed by atoms with Crippen molar-refractivity contribution in [1.82, 2.24) is 15.0 Å². The number of alkyl halides is 1. The molecule has 0 saturated carbocycles. The Balaban J connectivity index is 1.92. The number of pyridine rings is 1. The molecule has 0 spiro atoms. The summed E-state index contributed by atoms with van der Waals surface area (Å²) >= 11 is 5.71. The lowest BCUT2D eigenvalue weighted by Gasteiger charge is -2.06. The lowest BCUT2D eigenvalue weighted by Crippen LogP contribution is -1.93. The normalized spacial score (nSPS) is 10.6. The van der Waals surface area contributed by atoms with Crippen molar-refractivity contribution in [3.63, 3.8) is 0 Å². The van der Waals surface area contributed by atoms with Gasteiger partial charge >= 0.3 is 0 Å². The summed E-state index contributed by atoms with van der Waals surface area (Å²) in [5.41, 5.74) is 1.56. The van der Waals surface area contributed by atoms with E-state index >= 15 is 0 Å². The third-order valence-electron chi connectivity index (χ3n) is 2.60. The van der Waals surface area contributed by atoms with Crippen molar-refractivity contribution in [3.05, 3.63) is 54.6 Å². The average Bonchev–Trinajstić information content (AvgIpc) is 2.47. The number of hydrogen-bond acceptors (Lipinski definition) is 4. The number of rotatable bonds is 3. The molecule has 0 atom stereocenters. The Bertz CT molecular complexity index is 718. The first-order chi connectivity index (χ1) is 9.35. The van der Waals surface area contributed by atoms with E-state index in [2.05, 4.69) is 15.0 Å². The molecular formula is C14H10ClN3O. The van der Waals surface area contributed by atoms with Crippen molar-refractivity contribution < 1.29 is 4.74 Å². The molecule has 0 aliphatic heterocycles. The van der Waals surface area contributed by atoms with Gasteiger partial charge in [0.15, 0.2) is 0 Å². The number of nitrogens with zero attached hydrogens (tertiary/aromatic N) is 3. The van der Waals surface area contributed by atoms with Crippen molar-refractivity contribution >= 4 is 22.5 Å². The molecule has 0 radical (unpaired) electrons. The Labute approximate surface area is 115 Å². The fourth-order valence-electron chi connectivity index (χ4n) is 1.73. The van der Waals surface area contributed by atoms with E-state index in [-0.39, 0.29) is 0 Å². The smallest absolute Gasteiger partial charge is 0.238 e. The Kier molecular flexibility index (Phi) is 3.25. The molecule has 5 heteroatoms. The van der Waals surface area contributed by atoms with Crippen LogP contribution < -0.4 is 4.74 Å². The van der Waals surface area contributed by atoms with Gasteiger partial charge in [0, 0.05) is 23.8 Å². The summed E-state index contributed by atoms with van der Waals surface area (Å²) < 4.78 is 5.66. The van der Waals surface area contributed by atoms with Gasteiger partial charge in [0.05, 0.1) is 23.3 Å². The van der Waals surface area contributed by atoms with Crippen LogP contribution in [0.2, 0.25) is 0 Å². The monoisotopic (exact) mass is 271 g/mol. The van der Waals surface area contributed by atoms with E-state index in [1.165, 1.54) is 0 Å². The van der Waals surface area contributed by atoms with Crippen LogP contribution >= 0.6 is 11.6 Å². The number of ether oxygens (including phenoxy) is 1. The number of fused-ring (bicyclic) bond motifs is 1. The van der Waals surface area contributed by atoms with Gasteiger partial charge in [-0.15, -0.1) is 11.6 Å². The predicted octanol–water partition coefficient (Wildman–Crippen LogP) is 3.56. The van der Waals surface area contributed by atoms with Crippen LogP contribution in [0, 0.1) is 0 Å². The van der Waals surface area contributed by atoms with E-state index in [4.69, 9.17) is 16.3 Å². The molecule has 0 unspecified atom stereocenters. The first-order valence-electron chi connectivity index (χ1n) is 5.75. The zero-order chi connectivity index (χ0) is 13.1. The molecule has 2 aromatic heterocycles. The number of halogens is 1. The highest BCUT2D eigenvalue weighted by Gasteiger charge is 2.02. The Morgan fingerprint density at radius 1 is 1.16 bits per heavy atom. The molecule has 3 aromatic rings. The van der Waals surface area contributed by atoms with E-state index < -0.39 is 0 Å². The molecule has 4 nitrogen and oxygen atoms in total. The van der Waals surface area contributed by atoms with E-state index in [0.29, 0.717) is 23.2 Å². The molecule has 0 N–H and O–H groups in total. The molecule has 0 amide bonds. The lowest BCUT2D eigenvalue weighted by molar-refractivity contribution is 0.459. The minimum atomic E-state index is 0.309. The van der Waals surface area contributed by atoms with Gasteiger partial charge in [-0.2, -0.15) is 0 Å². The minimum absolute atomic E-state index is 0.309. The van der Waals surface area contributed by atoms with Crippen LogP contribution in [0.4, 0.5) is 0 Å². The summed E-state index contributed by atoms with van der Waals surface area (Å²) in [7, 11) is 0. The molecule has 3 rings (SSSR count). The van der Waals surface area contributed by atoms with Crippen LogP contribution in [0.1, 0.15) is 5.69 Å². The molecule has 1 aromatic carbocycles. The summed E-state index contributed by atoms with van der Waals surface area (Å²) in [6.45, 7) is 0. The zero-order valence-corrected chi connectivity index (χ0v) is 10.7. The topological polar surface area (TPSA) is 47.9 Å². The van der Waals surface area contributed by atoms with Crippen molar-refractivity contribution in [2.75, 3.05) is 0 Å². The van der Waals surface area contributed by atoms with Gasteiger partial charge in [0.25, 0.3) is 0 Å². The second-order valence-electron chi connectivity index (χ2n) is 3.94. The summed E-state index contributed by atoms with van der Waals surface area (Å²) in [6, 6.07) is 9.60. The molecule has 0 bridgehead atoms. The van der Waals surface area contributed by atoms with Crippen LogP contribution in [-0.4, -0.2) is 15.0 Å². The second-order valence-corrected chi connectivity index (χ2v) is 4.21. The van der Waals surface area contributed by atoms with E-state index in [1.54, 1.807) is 18.6 Å². The van der Waals surface area contributed by atoms with Gasteiger partial charge in [-0.3, -0.25) is 9.97 Å². The van der Waals surface area contributed by atoms with Gasteiger partial charge in [-0.05, 0) is 18.2 Å². The summed E-state index contributed by atoms with van der Waals surface area (Å²) in [5.74, 6) is 1.41. The van der Waals surface area contributed by atoms with Gasteiger partial charge in [-0.1, -0.05) is 6.07 Å². The highest BCUT2D eigenvalue weighted by Crippen LogP contribution is 2.23. The largest absolute Gasteiger partial charge is 0.437 e. The molecule has 19 heavy (non-hydrogen) atoms. The van der Waals surface area contributed by atoms with Crippen LogP contribution in [0.15, 0.2) is 48.9 Å². The quantitative estimate of drug-likeness (QED) is 0.684.